The van der Waals surface area contributed by atoms with Crippen LogP contribution in [0.4, 0.5) is 13.2 Å². The van der Waals surface area contributed by atoms with Gasteiger partial charge >= 0.3 is 11.9 Å². The average Bonchev–Trinajstić information content (AvgIpc) is 2.85. The predicted molar refractivity (Wildman–Crippen MR) is 80.1 cm³/mol. The third-order valence-electron chi connectivity index (χ3n) is 4.28. The molecule has 0 aliphatic carbocycles. The lowest BCUT2D eigenvalue weighted by Crippen LogP contribution is -2.30. The summed E-state index contributed by atoms with van der Waals surface area (Å²) in [4.78, 5) is 23.8. The number of carbonyl (C=O) groups excluding carboxylic acids is 1. The second kappa shape index (κ2) is 5.94. The highest BCUT2D eigenvalue weighted by atomic mass is 19.1. The number of carboxylic acid groups (broad SMARTS) is 1. The number of esters is 1. The molecule has 0 bridgehead atoms. The first-order chi connectivity index (χ1) is 11.7. The summed E-state index contributed by atoms with van der Waals surface area (Å²) in [5.41, 5.74) is -0.584. The maximum Gasteiger partial charge on any atom is 0.337 e. The van der Waals surface area contributed by atoms with E-state index in [0.717, 1.165) is 13.0 Å². The fourth-order valence-electron chi connectivity index (χ4n) is 3.32. The van der Waals surface area contributed by atoms with Crippen molar-refractivity contribution in [2.75, 3.05) is 6.61 Å². The number of hydrogen-bond donors (Lipinski definition) is 2. The van der Waals surface area contributed by atoms with Crippen LogP contribution in [0.15, 0.2) is 34.7 Å². The summed E-state index contributed by atoms with van der Waals surface area (Å²) in [5, 5.41) is 12.3. The Hall–Kier alpha value is -2.77. The van der Waals surface area contributed by atoms with Gasteiger partial charge in [-0.1, -0.05) is 0 Å². The van der Waals surface area contributed by atoms with Gasteiger partial charge in [0.05, 0.1) is 22.8 Å². The number of rotatable bonds is 3. The van der Waals surface area contributed by atoms with E-state index in [4.69, 9.17) is 4.74 Å². The van der Waals surface area contributed by atoms with E-state index in [2.05, 4.69) is 5.32 Å². The summed E-state index contributed by atoms with van der Waals surface area (Å²) in [6.07, 6.45) is -1.83. The lowest BCUT2D eigenvalue weighted by Gasteiger charge is -2.28. The number of benzene rings is 1. The van der Waals surface area contributed by atoms with Crippen molar-refractivity contribution >= 4 is 11.9 Å². The molecule has 1 aromatic carbocycles. The van der Waals surface area contributed by atoms with E-state index in [1.165, 1.54) is 6.92 Å². The number of alkyl halides is 1. The Kier molecular flexibility index (Phi) is 4.06. The third-order valence-corrected chi connectivity index (χ3v) is 4.28. The zero-order valence-corrected chi connectivity index (χ0v) is 13.3. The molecule has 1 aromatic rings. The van der Waals surface area contributed by atoms with E-state index in [-0.39, 0.29) is 29.0 Å². The summed E-state index contributed by atoms with van der Waals surface area (Å²) < 4.78 is 47.0. The molecule has 0 fully saturated rings. The summed E-state index contributed by atoms with van der Waals surface area (Å²) >= 11 is 0. The lowest BCUT2D eigenvalue weighted by atomic mass is 9.78. The molecule has 3 rings (SSSR count). The van der Waals surface area contributed by atoms with E-state index in [0.29, 0.717) is 11.8 Å². The molecule has 5 nitrogen and oxygen atoms in total. The zero-order valence-electron chi connectivity index (χ0n) is 13.3. The molecule has 2 atom stereocenters. The molecule has 0 aromatic heterocycles. The molecule has 2 heterocycles. The second-order valence-electron chi connectivity index (χ2n) is 5.88. The Morgan fingerprint density at radius 1 is 1.40 bits per heavy atom. The summed E-state index contributed by atoms with van der Waals surface area (Å²) in [5.74, 6) is -5.66. The number of hydrogen-bond acceptors (Lipinski definition) is 4. The number of ether oxygens (including phenoxy) is 1. The van der Waals surface area contributed by atoms with Crippen molar-refractivity contribution in [1.29, 1.82) is 0 Å². The van der Waals surface area contributed by atoms with Gasteiger partial charge in [0.15, 0.2) is 0 Å². The van der Waals surface area contributed by atoms with Crippen LogP contribution in [0, 0.1) is 11.6 Å². The van der Waals surface area contributed by atoms with Gasteiger partial charge < -0.3 is 15.2 Å². The van der Waals surface area contributed by atoms with Crippen LogP contribution >= 0.6 is 0 Å². The van der Waals surface area contributed by atoms with Crippen LogP contribution in [0.25, 0.3) is 0 Å². The fraction of sp³-hybridized carbons (Fsp3) is 0.294. The maximum absolute atomic E-state index is 14.2. The number of carboxylic acids is 1. The van der Waals surface area contributed by atoms with Crippen molar-refractivity contribution in [3.63, 3.8) is 0 Å². The topological polar surface area (TPSA) is 75.6 Å². The van der Waals surface area contributed by atoms with Gasteiger partial charge in [-0.3, -0.25) is 0 Å². The largest absolute Gasteiger partial charge is 0.478 e. The molecule has 2 N–H and O–H groups in total. The van der Waals surface area contributed by atoms with Crippen LogP contribution in [0.5, 0.6) is 0 Å². The minimum atomic E-state index is -1.83. The van der Waals surface area contributed by atoms with Crippen molar-refractivity contribution in [2.45, 2.75) is 25.9 Å². The van der Waals surface area contributed by atoms with Gasteiger partial charge in [-0.2, -0.15) is 0 Å². The number of aliphatic carboxylic acids is 1. The molecule has 8 heteroatoms. The van der Waals surface area contributed by atoms with Gasteiger partial charge in [-0.15, -0.1) is 0 Å². The predicted octanol–water partition coefficient (Wildman–Crippen LogP) is 2.85. The number of nitrogens with one attached hydrogen (secondary N) is 1. The second-order valence-corrected chi connectivity index (χ2v) is 5.88. The minimum Gasteiger partial charge on any atom is -0.478 e. The number of cyclic esters (lactones) is 1. The Morgan fingerprint density at radius 2 is 2.08 bits per heavy atom. The fourth-order valence-corrected chi connectivity index (χ4v) is 3.32. The van der Waals surface area contributed by atoms with Crippen molar-refractivity contribution in [1.82, 2.24) is 5.32 Å². The first-order valence-corrected chi connectivity index (χ1v) is 7.46. The van der Waals surface area contributed by atoms with Crippen LogP contribution in [-0.2, 0) is 14.3 Å². The summed E-state index contributed by atoms with van der Waals surface area (Å²) in [6, 6.07) is 1.38. The van der Waals surface area contributed by atoms with E-state index >= 15 is 0 Å². The number of carbonyl (C=O) groups is 2. The molecule has 0 saturated carbocycles. The third kappa shape index (κ3) is 2.67. The average molecular weight is 353 g/mol. The minimum absolute atomic E-state index is 0.0742. The molecular weight excluding hydrogens is 339 g/mol. The van der Waals surface area contributed by atoms with Gasteiger partial charge in [-0.05, 0) is 25.5 Å². The summed E-state index contributed by atoms with van der Waals surface area (Å²) in [7, 11) is 0. The van der Waals surface area contributed by atoms with Crippen molar-refractivity contribution in [3.8, 4) is 0 Å². The van der Waals surface area contributed by atoms with Crippen LogP contribution in [0.2, 0.25) is 0 Å². The van der Waals surface area contributed by atoms with Gasteiger partial charge in [0, 0.05) is 17.3 Å². The Labute approximate surface area is 140 Å². The van der Waals surface area contributed by atoms with Gasteiger partial charge in [0.2, 0.25) is 0 Å². The smallest absolute Gasteiger partial charge is 0.337 e. The van der Waals surface area contributed by atoms with Crippen molar-refractivity contribution in [3.05, 3.63) is 57.4 Å². The van der Waals surface area contributed by atoms with E-state index in [9.17, 15) is 27.9 Å². The standard InChI is InChI=1S/C17H14F3NO4/c1-6(18)12-9(3-8(19)4-10(12)20)14-13(16(22)23)7(2)21-11-5-25-17(24)15(11)14/h3-4,6,14,21H,5H2,1-2H3,(H,22,23)/t6-,14+/m1/s1. The van der Waals surface area contributed by atoms with Crippen molar-refractivity contribution < 1.29 is 32.6 Å². The Bertz CT molecular complexity index is 856. The quantitative estimate of drug-likeness (QED) is 0.818. The monoisotopic (exact) mass is 353 g/mol. The highest BCUT2D eigenvalue weighted by molar-refractivity contribution is 6.00. The Balaban J connectivity index is 2.33. The van der Waals surface area contributed by atoms with Crippen LogP contribution in [0.1, 0.15) is 37.1 Å². The SMILES string of the molecule is CC1=C(C(=O)O)[C@H](c2cc(F)cc(F)c2[C@@H](C)F)C2=C(COC2=O)N1. The molecule has 0 unspecified atom stereocenters. The molecule has 132 valence electrons. The highest BCUT2D eigenvalue weighted by Crippen LogP contribution is 2.44. The summed E-state index contributed by atoms with van der Waals surface area (Å²) in [6.45, 7) is 2.39. The van der Waals surface area contributed by atoms with Gasteiger partial charge in [-0.25, -0.2) is 22.8 Å². The first-order valence-electron chi connectivity index (χ1n) is 7.46. The van der Waals surface area contributed by atoms with Crippen LogP contribution in [-0.4, -0.2) is 23.7 Å². The molecule has 0 spiro atoms. The number of allylic oxidation sites excluding steroid dienone is 1. The lowest BCUT2D eigenvalue weighted by molar-refractivity contribution is -0.136. The van der Waals surface area contributed by atoms with E-state index < -0.39 is 41.2 Å². The molecular formula is C17H14F3NO4. The van der Waals surface area contributed by atoms with Crippen LogP contribution in [0.3, 0.4) is 0 Å². The zero-order chi connectivity index (χ0) is 18.5. The highest BCUT2D eigenvalue weighted by Gasteiger charge is 2.43. The van der Waals surface area contributed by atoms with Gasteiger partial charge in [0.1, 0.15) is 24.4 Å². The molecule has 0 amide bonds. The van der Waals surface area contributed by atoms with Crippen LogP contribution < -0.4 is 5.32 Å². The molecule has 0 saturated heterocycles. The normalized spacial score (nSPS) is 21.0. The molecule has 0 radical (unpaired) electrons. The molecule has 2 aliphatic rings. The Morgan fingerprint density at radius 3 is 2.68 bits per heavy atom. The van der Waals surface area contributed by atoms with Crippen molar-refractivity contribution in [2.24, 2.45) is 0 Å². The number of dihydropyridines is 1. The van der Waals surface area contributed by atoms with Gasteiger partial charge in [0.25, 0.3) is 0 Å². The maximum atomic E-state index is 14.2. The van der Waals surface area contributed by atoms with E-state index in [1.54, 1.807) is 0 Å². The van der Waals surface area contributed by atoms with E-state index in [1.807, 2.05) is 0 Å². The number of halogens is 3. The first kappa shape index (κ1) is 17.1. The molecule has 2 aliphatic heterocycles. The molecule has 25 heavy (non-hydrogen) atoms.